The monoisotopic (exact) mass is 250 g/mol. The summed E-state index contributed by atoms with van der Waals surface area (Å²) in [4.78, 5) is 13.6. The van der Waals surface area contributed by atoms with E-state index in [0.717, 1.165) is 12.0 Å². The highest BCUT2D eigenvalue weighted by Gasteiger charge is 2.11. The first-order chi connectivity index (χ1) is 8.52. The van der Waals surface area contributed by atoms with Crippen LogP contribution in [0.25, 0.3) is 0 Å². The second-order valence-electron chi connectivity index (χ2n) is 4.80. The summed E-state index contributed by atoms with van der Waals surface area (Å²) >= 11 is 0. The van der Waals surface area contributed by atoms with Crippen LogP contribution in [0, 0.1) is 5.92 Å². The molecule has 0 saturated carbocycles. The van der Waals surface area contributed by atoms with Crippen LogP contribution in [0.1, 0.15) is 25.3 Å². The summed E-state index contributed by atoms with van der Waals surface area (Å²) in [7, 11) is 1.78. The largest absolute Gasteiger partial charge is 0.508 e. The minimum atomic E-state index is 0.110. The molecule has 0 aliphatic heterocycles. The molecular formula is C14H22N2O2. The number of phenols is 1. The Morgan fingerprint density at radius 2 is 2.22 bits per heavy atom. The molecule has 0 heterocycles. The van der Waals surface area contributed by atoms with Crippen molar-refractivity contribution >= 4 is 5.91 Å². The van der Waals surface area contributed by atoms with Gasteiger partial charge in [-0.15, -0.1) is 0 Å². The first-order valence-corrected chi connectivity index (χ1v) is 6.25. The van der Waals surface area contributed by atoms with Gasteiger partial charge in [0.15, 0.2) is 0 Å². The third-order valence-electron chi connectivity index (χ3n) is 3.01. The van der Waals surface area contributed by atoms with Crippen molar-refractivity contribution in [3.63, 3.8) is 0 Å². The number of phenolic OH excluding ortho intramolecular Hbond substituents is 1. The summed E-state index contributed by atoms with van der Waals surface area (Å²) in [5, 5.41) is 9.36. The summed E-state index contributed by atoms with van der Waals surface area (Å²) in [6.45, 7) is 3.18. The highest BCUT2D eigenvalue weighted by atomic mass is 16.3. The Morgan fingerprint density at radius 3 is 2.83 bits per heavy atom. The van der Waals surface area contributed by atoms with Crippen LogP contribution in [0.2, 0.25) is 0 Å². The number of amides is 1. The quantitative estimate of drug-likeness (QED) is 0.808. The van der Waals surface area contributed by atoms with Gasteiger partial charge in [-0.25, -0.2) is 0 Å². The van der Waals surface area contributed by atoms with E-state index in [0.29, 0.717) is 25.4 Å². The Balaban J connectivity index is 2.45. The fraction of sp³-hybridized carbons (Fsp3) is 0.500. The molecular weight excluding hydrogens is 228 g/mol. The van der Waals surface area contributed by atoms with Crippen molar-refractivity contribution in [3.8, 4) is 5.75 Å². The average molecular weight is 250 g/mol. The highest BCUT2D eigenvalue weighted by Crippen LogP contribution is 2.13. The van der Waals surface area contributed by atoms with Gasteiger partial charge in [0.05, 0.1) is 0 Å². The van der Waals surface area contributed by atoms with Crippen molar-refractivity contribution in [1.29, 1.82) is 0 Å². The van der Waals surface area contributed by atoms with Crippen LogP contribution >= 0.6 is 0 Å². The van der Waals surface area contributed by atoms with E-state index in [1.54, 1.807) is 30.1 Å². The fourth-order valence-electron chi connectivity index (χ4n) is 1.70. The smallest absolute Gasteiger partial charge is 0.222 e. The van der Waals surface area contributed by atoms with Crippen LogP contribution in [0.3, 0.4) is 0 Å². The predicted octanol–water partition coefficient (Wildman–Crippen LogP) is 1.73. The molecule has 1 atom stereocenters. The van der Waals surface area contributed by atoms with Gasteiger partial charge in [-0.1, -0.05) is 19.1 Å². The first-order valence-electron chi connectivity index (χ1n) is 6.25. The van der Waals surface area contributed by atoms with Crippen LogP contribution in [0.4, 0.5) is 0 Å². The maximum Gasteiger partial charge on any atom is 0.222 e. The molecule has 0 spiro atoms. The number of benzene rings is 1. The van der Waals surface area contributed by atoms with Gasteiger partial charge in [0.1, 0.15) is 5.75 Å². The first kappa shape index (κ1) is 14.5. The van der Waals surface area contributed by atoms with E-state index in [2.05, 4.69) is 0 Å². The second kappa shape index (κ2) is 7.01. The van der Waals surface area contributed by atoms with E-state index < -0.39 is 0 Å². The minimum absolute atomic E-state index is 0.110. The van der Waals surface area contributed by atoms with E-state index in [1.165, 1.54) is 0 Å². The molecule has 0 radical (unpaired) electrons. The summed E-state index contributed by atoms with van der Waals surface area (Å²) in [5.41, 5.74) is 6.45. The molecule has 1 unspecified atom stereocenters. The van der Waals surface area contributed by atoms with Crippen LogP contribution in [0.5, 0.6) is 5.75 Å². The van der Waals surface area contributed by atoms with E-state index in [9.17, 15) is 9.90 Å². The molecule has 1 amide bonds. The number of hydrogen-bond acceptors (Lipinski definition) is 3. The molecule has 0 aromatic heterocycles. The number of carbonyl (C=O) groups is 1. The van der Waals surface area contributed by atoms with E-state index in [1.807, 2.05) is 13.0 Å². The summed E-state index contributed by atoms with van der Waals surface area (Å²) in [5.74, 6) is 0.715. The Bertz CT molecular complexity index is 393. The Labute approximate surface area is 108 Å². The molecule has 0 aliphatic rings. The molecule has 100 valence electrons. The van der Waals surface area contributed by atoms with E-state index >= 15 is 0 Å². The second-order valence-corrected chi connectivity index (χ2v) is 4.80. The summed E-state index contributed by atoms with van der Waals surface area (Å²) < 4.78 is 0. The van der Waals surface area contributed by atoms with Gasteiger partial charge in [0, 0.05) is 20.0 Å². The molecule has 3 N–H and O–H groups in total. The van der Waals surface area contributed by atoms with Gasteiger partial charge in [0.25, 0.3) is 0 Å². The number of nitrogens with two attached hydrogens (primary N) is 1. The lowest BCUT2D eigenvalue weighted by atomic mass is 10.1. The number of rotatable bonds is 6. The summed E-state index contributed by atoms with van der Waals surface area (Å²) in [6, 6.07) is 6.96. The molecule has 0 saturated heterocycles. The molecule has 0 bridgehead atoms. The van der Waals surface area contributed by atoms with Crippen LogP contribution in [0.15, 0.2) is 24.3 Å². The van der Waals surface area contributed by atoms with Crippen molar-refractivity contribution in [2.24, 2.45) is 11.7 Å². The fourth-order valence-corrected chi connectivity index (χ4v) is 1.70. The van der Waals surface area contributed by atoms with Crippen LogP contribution in [-0.2, 0) is 11.3 Å². The van der Waals surface area contributed by atoms with Gasteiger partial charge in [-0.05, 0) is 36.6 Å². The normalized spacial score (nSPS) is 12.2. The number of hydrogen-bond donors (Lipinski definition) is 2. The minimum Gasteiger partial charge on any atom is -0.508 e. The van der Waals surface area contributed by atoms with Gasteiger partial charge in [0.2, 0.25) is 5.91 Å². The van der Waals surface area contributed by atoms with Gasteiger partial charge in [-0.2, -0.15) is 0 Å². The Hall–Kier alpha value is -1.55. The zero-order chi connectivity index (χ0) is 13.5. The van der Waals surface area contributed by atoms with Gasteiger partial charge in [-0.3, -0.25) is 4.79 Å². The molecule has 0 fully saturated rings. The van der Waals surface area contributed by atoms with E-state index in [4.69, 9.17) is 5.73 Å². The molecule has 4 heteroatoms. The summed E-state index contributed by atoms with van der Waals surface area (Å²) in [6.07, 6.45) is 1.34. The molecule has 1 rings (SSSR count). The molecule has 18 heavy (non-hydrogen) atoms. The number of carbonyl (C=O) groups excluding carboxylic acids is 1. The number of nitrogens with zero attached hydrogens (tertiary/aromatic N) is 1. The Morgan fingerprint density at radius 1 is 1.50 bits per heavy atom. The maximum absolute atomic E-state index is 11.9. The van der Waals surface area contributed by atoms with Crippen molar-refractivity contribution in [2.75, 3.05) is 13.6 Å². The van der Waals surface area contributed by atoms with Crippen molar-refractivity contribution in [1.82, 2.24) is 4.90 Å². The number of aromatic hydroxyl groups is 1. The maximum atomic E-state index is 11.9. The SMILES string of the molecule is CC(CN)CCC(=O)N(C)Cc1cccc(O)c1. The Kier molecular flexibility index (Phi) is 5.65. The third-order valence-corrected chi connectivity index (χ3v) is 3.01. The van der Waals surface area contributed by atoms with E-state index in [-0.39, 0.29) is 11.7 Å². The lowest BCUT2D eigenvalue weighted by Gasteiger charge is -2.18. The van der Waals surface area contributed by atoms with Crippen LogP contribution in [-0.4, -0.2) is 29.5 Å². The average Bonchev–Trinajstić information content (AvgIpc) is 2.35. The highest BCUT2D eigenvalue weighted by molar-refractivity contribution is 5.75. The molecule has 0 aliphatic carbocycles. The molecule has 4 nitrogen and oxygen atoms in total. The third kappa shape index (κ3) is 4.75. The van der Waals surface area contributed by atoms with Gasteiger partial charge >= 0.3 is 0 Å². The van der Waals surface area contributed by atoms with Gasteiger partial charge < -0.3 is 15.7 Å². The predicted molar refractivity (Wildman–Crippen MR) is 72.0 cm³/mol. The topological polar surface area (TPSA) is 66.6 Å². The van der Waals surface area contributed by atoms with Crippen molar-refractivity contribution in [2.45, 2.75) is 26.3 Å². The zero-order valence-electron chi connectivity index (χ0n) is 11.1. The lowest BCUT2D eigenvalue weighted by Crippen LogP contribution is -2.26. The molecule has 1 aromatic carbocycles. The molecule has 1 aromatic rings. The standard InChI is InChI=1S/C14H22N2O2/c1-11(9-15)6-7-14(18)16(2)10-12-4-3-5-13(17)8-12/h3-5,8,11,17H,6-7,9-10,15H2,1-2H3. The van der Waals surface area contributed by atoms with Crippen molar-refractivity contribution in [3.05, 3.63) is 29.8 Å². The zero-order valence-corrected chi connectivity index (χ0v) is 11.1. The van der Waals surface area contributed by atoms with Crippen LogP contribution < -0.4 is 5.73 Å². The van der Waals surface area contributed by atoms with Crippen molar-refractivity contribution < 1.29 is 9.90 Å². The lowest BCUT2D eigenvalue weighted by molar-refractivity contribution is -0.130.